The summed E-state index contributed by atoms with van der Waals surface area (Å²) in [5.41, 5.74) is 1.76. The number of aryl methyl sites for hydroxylation is 1. The molecule has 0 unspecified atom stereocenters. The lowest BCUT2D eigenvalue weighted by molar-refractivity contribution is 0.414. The molecule has 0 aliphatic rings. The third kappa shape index (κ3) is 3.74. The first-order valence-electron chi connectivity index (χ1n) is 6.26. The molecule has 0 aliphatic heterocycles. The van der Waals surface area contributed by atoms with Gasteiger partial charge in [-0.25, -0.2) is 8.42 Å². The van der Waals surface area contributed by atoms with E-state index >= 15 is 0 Å². The third-order valence-electron chi connectivity index (χ3n) is 2.96. The number of sulfone groups is 1. The second kappa shape index (κ2) is 6.45. The summed E-state index contributed by atoms with van der Waals surface area (Å²) in [5.74, 6) is 0.678. The van der Waals surface area contributed by atoms with Crippen molar-refractivity contribution in [2.45, 2.75) is 11.8 Å². The summed E-state index contributed by atoms with van der Waals surface area (Å²) < 4.78 is 30.2. The van der Waals surface area contributed by atoms with Gasteiger partial charge in [-0.2, -0.15) is 0 Å². The second-order valence-electron chi connectivity index (χ2n) is 4.54. The Balaban J connectivity index is 2.39. The zero-order valence-corrected chi connectivity index (χ0v) is 14.1. The number of ether oxygens (including phenoxy) is 1. The largest absolute Gasteiger partial charge is 0.497 e. The maximum absolute atomic E-state index is 12.5. The van der Waals surface area contributed by atoms with Gasteiger partial charge in [-0.05, 0) is 58.8 Å². The van der Waals surface area contributed by atoms with E-state index in [2.05, 4.69) is 15.9 Å². The molecule has 0 saturated carbocycles. The summed E-state index contributed by atoms with van der Waals surface area (Å²) in [4.78, 5) is 0.263. The summed E-state index contributed by atoms with van der Waals surface area (Å²) >= 11 is 3.17. The summed E-state index contributed by atoms with van der Waals surface area (Å²) in [5, 5.41) is 0. The zero-order chi connectivity index (χ0) is 15.5. The number of halogens is 1. The highest BCUT2D eigenvalue weighted by molar-refractivity contribution is 9.13. The van der Waals surface area contributed by atoms with Crippen LogP contribution in [0.5, 0.6) is 5.75 Å². The standard InChI is InChI=1S/C16H15BrO3S/c1-12-6-8-15(9-7-12)21(18,19)16(17)11-13-4-3-5-14(10-13)20-2/h3-11H,1-2H3/b16-11+. The molecule has 0 bridgehead atoms. The molecule has 0 radical (unpaired) electrons. The lowest BCUT2D eigenvalue weighted by Crippen LogP contribution is -2.00. The van der Waals surface area contributed by atoms with Crippen LogP contribution in [0.4, 0.5) is 0 Å². The monoisotopic (exact) mass is 366 g/mol. The first-order valence-corrected chi connectivity index (χ1v) is 8.54. The fourth-order valence-electron chi connectivity index (χ4n) is 1.77. The van der Waals surface area contributed by atoms with E-state index in [0.717, 1.165) is 11.1 Å². The van der Waals surface area contributed by atoms with Gasteiger partial charge < -0.3 is 4.74 Å². The summed E-state index contributed by atoms with van der Waals surface area (Å²) in [6, 6.07) is 14.0. The maximum Gasteiger partial charge on any atom is 0.213 e. The molecular weight excluding hydrogens is 352 g/mol. The normalized spacial score (nSPS) is 12.2. The summed E-state index contributed by atoms with van der Waals surface area (Å²) in [7, 11) is -1.97. The van der Waals surface area contributed by atoms with Gasteiger partial charge >= 0.3 is 0 Å². The van der Waals surface area contributed by atoms with Crippen LogP contribution in [0, 0.1) is 6.92 Å². The zero-order valence-electron chi connectivity index (χ0n) is 11.7. The molecular formula is C16H15BrO3S. The number of methoxy groups -OCH3 is 1. The summed E-state index contributed by atoms with van der Waals surface area (Å²) in [6.07, 6.45) is 1.57. The minimum absolute atomic E-state index is 0.118. The lowest BCUT2D eigenvalue weighted by Gasteiger charge is -2.05. The van der Waals surface area contributed by atoms with E-state index in [4.69, 9.17) is 4.74 Å². The number of hydrogen-bond donors (Lipinski definition) is 0. The Morgan fingerprint density at radius 3 is 2.43 bits per heavy atom. The third-order valence-corrected chi connectivity index (χ3v) is 5.99. The van der Waals surface area contributed by atoms with E-state index in [1.165, 1.54) is 0 Å². The van der Waals surface area contributed by atoms with E-state index in [1.54, 1.807) is 49.6 Å². The van der Waals surface area contributed by atoms with Crippen molar-refractivity contribution >= 4 is 31.8 Å². The van der Waals surface area contributed by atoms with Gasteiger partial charge in [0.2, 0.25) is 9.84 Å². The minimum atomic E-state index is -3.54. The van der Waals surface area contributed by atoms with Crippen LogP contribution in [0.1, 0.15) is 11.1 Å². The summed E-state index contributed by atoms with van der Waals surface area (Å²) in [6.45, 7) is 1.91. The highest BCUT2D eigenvalue weighted by atomic mass is 79.9. The van der Waals surface area contributed by atoms with E-state index < -0.39 is 9.84 Å². The molecule has 0 saturated heterocycles. The van der Waals surface area contributed by atoms with Crippen molar-refractivity contribution in [3.63, 3.8) is 0 Å². The molecule has 0 fully saturated rings. The Morgan fingerprint density at radius 2 is 1.81 bits per heavy atom. The van der Waals surface area contributed by atoms with Gasteiger partial charge in [0, 0.05) is 0 Å². The molecule has 2 aromatic carbocycles. The van der Waals surface area contributed by atoms with Gasteiger partial charge in [0.05, 0.1) is 12.0 Å². The Labute approximate surface area is 133 Å². The van der Waals surface area contributed by atoms with E-state index in [-0.39, 0.29) is 8.71 Å². The Bertz CT molecular complexity index is 762. The van der Waals surface area contributed by atoms with Gasteiger partial charge in [0.15, 0.2) is 0 Å². The predicted octanol–water partition coefficient (Wildman–Crippen LogP) is 4.17. The molecule has 2 rings (SSSR count). The number of hydrogen-bond acceptors (Lipinski definition) is 3. The lowest BCUT2D eigenvalue weighted by atomic mass is 10.2. The minimum Gasteiger partial charge on any atom is -0.497 e. The van der Waals surface area contributed by atoms with E-state index in [0.29, 0.717) is 5.75 Å². The van der Waals surface area contributed by atoms with Gasteiger partial charge in [0.1, 0.15) is 9.56 Å². The Hall–Kier alpha value is -1.59. The number of rotatable bonds is 4. The van der Waals surface area contributed by atoms with Gasteiger partial charge in [-0.1, -0.05) is 29.8 Å². The molecule has 3 nitrogen and oxygen atoms in total. The Morgan fingerprint density at radius 1 is 1.14 bits per heavy atom. The van der Waals surface area contributed by atoms with Crippen LogP contribution >= 0.6 is 15.9 Å². The topological polar surface area (TPSA) is 43.4 Å². The molecule has 0 heterocycles. The SMILES string of the molecule is COc1cccc(/C=C(\Br)S(=O)(=O)c2ccc(C)cc2)c1. The number of benzene rings is 2. The fourth-order valence-corrected chi connectivity index (χ4v) is 3.61. The molecule has 0 spiro atoms. The molecule has 0 aromatic heterocycles. The molecule has 110 valence electrons. The Kier molecular flexibility index (Phi) is 4.85. The van der Waals surface area contributed by atoms with E-state index in [1.807, 2.05) is 19.1 Å². The molecule has 0 amide bonds. The molecule has 0 N–H and O–H groups in total. The van der Waals surface area contributed by atoms with Crippen LogP contribution in [-0.4, -0.2) is 15.5 Å². The van der Waals surface area contributed by atoms with Crippen molar-refractivity contribution in [2.24, 2.45) is 0 Å². The van der Waals surface area contributed by atoms with Crippen molar-refractivity contribution in [3.8, 4) is 5.75 Å². The van der Waals surface area contributed by atoms with Crippen molar-refractivity contribution in [1.82, 2.24) is 0 Å². The predicted molar refractivity (Wildman–Crippen MR) is 88.3 cm³/mol. The van der Waals surface area contributed by atoms with Gasteiger partial charge in [-0.15, -0.1) is 0 Å². The molecule has 5 heteroatoms. The highest BCUT2D eigenvalue weighted by Crippen LogP contribution is 2.27. The molecule has 0 aliphatic carbocycles. The first-order chi connectivity index (χ1) is 9.93. The van der Waals surface area contributed by atoms with Crippen LogP contribution in [0.3, 0.4) is 0 Å². The molecule has 0 atom stereocenters. The second-order valence-corrected chi connectivity index (χ2v) is 7.84. The van der Waals surface area contributed by atoms with Crippen LogP contribution in [0.15, 0.2) is 57.2 Å². The van der Waals surface area contributed by atoms with Crippen LogP contribution < -0.4 is 4.74 Å². The van der Waals surface area contributed by atoms with E-state index in [9.17, 15) is 8.42 Å². The van der Waals surface area contributed by atoms with Crippen molar-refractivity contribution in [1.29, 1.82) is 0 Å². The molecule has 2 aromatic rings. The van der Waals surface area contributed by atoms with Crippen LogP contribution in [-0.2, 0) is 9.84 Å². The fraction of sp³-hybridized carbons (Fsp3) is 0.125. The maximum atomic E-state index is 12.5. The first kappa shape index (κ1) is 15.8. The van der Waals surface area contributed by atoms with Crippen molar-refractivity contribution in [3.05, 3.63) is 63.5 Å². The van der Waals surface area contributed by atoms with Gasteiger partial charge in [-0.3, -0.25) is 0 Å². The highest BCUT2D eigenvalue weighted by Gasteiger charge is 2.18. The average molecular weight is 367 g/mol. The smallest absolute Gasteiger partial charge is 0.213 e. The quantitative estimate of drug-likeness (QED) is 0.815. The average Bonchev–Trinajstić information content (AvgIpc) is 2.48. The molecule has 21 heavy (non-hydrogen) atoms. The van der Waals surface area contributed by atoms with Gasteiger partial charge in [0.25, 0.3) is 0 Å². The van der Waals surface area contributed by atoms with Crippen LogP contribution in [0.2, 0.25) is 0 Å². The van der Waals surface area contributed by atoms with Crippen LogP contribution in [0.25, 0.3) is 6.08 Å². The van der Waals surface area contributed by atoms with Crippen molar-refractivity contribution < 1.29 is 13.2 Å². The van der Waals surface area contributed by atoms with Crippen molar-refractivity contribution in [2.75, 3.05) is 7.11 Å².